The third kappa shape index (κ3) is 4.34. The Hall–Kier alpha value is -1.37. The molecule has 3 unspecified atom stereocenters. The molecule has 3 atom stereocenters. The number of rotatable bonds is 6. The van der Waals surface area contributed by atoms with Crippen molar-refractivity contribution in [3.63, 3.8) is 0 Å². The van der Waals surface area contributed by atoms with Crippen LogP contribution in [0.3, 0.4) is 0 Å². The first-order valence-electron chi connectivity index (χ1n) is 6.95. The van der Waals surface area contributed by atoms with Gasteiger partial charge in [0.25, 0.3) is 0 Å². The summed E-state index contributed by atoms with van der Waals surface area (Å²) in [7, 11) is 0. The second-order valence-electron chi connectivity index (χ2n) is 5.33. The SMILES string of the molecule is CCN(CC(C)C#N)C(c1ccc(C)cc1)C(C)N. The van der Waals surface area contributed by atoms with Crippen molar-refractivity contribution >= 4 is 0 Å². The maximum atomic E-state index is 9.00. The molecule has 0 aliphatic carbocycles. The van der Waals surface area contributed by atoms with Crippen LogP contribution in [0.4, 0.5) is 0 Å². The average molecular weight is 259 g/mol. The first kappa shape index (κ1) is 15.7. The molecule has 0 aromatic heterocycles. The summed E-state index contributed by atoms with van der Waals surface area (Å²) in [5.74, 6) is 0.0200. The highest BCUT2D eigenvalue weighted by molar-refractivity contribution is 5.25. The van der Waals surface area contributed by atoms with Gasteiger partial charge in [0.2, 0.25) is 0 Å². The Bertz CT molecular complexity index is 417. The van der Waals surface area contributed by atoms with Crippen molar-refractivity contribution in [2.24, 2.45) is 11.7 Å². The first-order chi connectivity index (χ1) is 8.99. The Kier molecular flexibility index (Phi) is 6.01. The molecule has 2 N–H and O–H groups in total. The van der Waals surface area contributed by atoms with Crippen LogP contribution in [-0.2, 0) is 0 Å². The van der Waals surface area contributed by atoms with Crippen LogP contribution >= 0.6 is 0 Å². The number of aryl methyl sites for hydroxylation is 1. The standard InChI is InChI=1S/C16H25N3/c1-5-19(11-13(3)10-17)16(14(4)18)15-8-6-12(2)7-9-15/h6-9,13-14,16H,5,11,18H2,1-4H3. The van der Waals surface area contributed by atoms with Gasteiger partial charge in [-0.25, -0.2) is 0 Å². The molecule has 19 heavy (non-hydrogen) atoms. The normalized spacial score (nSPS) is 15.8. The van der Waals surface area contributed by atoms with Crippen LogP contribution in [0.15, 0.2) is 24.3 Å². The van der Waals surface area contributed by atoms with Crippen LogP contribution in [0.2, 0.25) is 0 Å². The molecule has 3 heteroatoms. The zero-order valence-corrected chi connectivity index (χ0v) is 12.4. The van der Waals surface area contributed by atoms with Crippen LogP contribution in [0.1, 0.15) is 37.9 Å². The smallest absolute Gasteiger partial charge is 0.0666 e. The first-order valence-corrected chi connectivity index (χ1v) is 6.95. The summed E-state index contributed by atoms with van der Waals surface area (Å²) in [5, 5.41) is 9.00. The molecule has 1 rings (SSSR count). The molecule has 0 aliphatic rings. The molecule has 0 bridgehead atoms. The van der Waals surface area contributed by atoms with Gasteiger partial charge in [-0.1, -0.05) is 36.8 Å². The molecule has 0 radical (unpaired) electrons. The van der Waals surface area contributed by atoms with Gasteiger partial charge in [0.05, 0.1) is 12.0 Å². The molecular weight excluding hydrogens is 234 g/mol. The van der Waals surface area contributed by atoms with Crippen molar-refractivity contribution in [1.82, 2.24) is 4.90 Å². The molecule has 0 fully saturated rings. The van der Waals surface area contributed by atoms with E-state index in [1.165, 1.54) is 11.1 Å². The average Bonchev–Trinajstić information content (AvgIpc) is 2.39. The molecule has 0 aliphatic heterocycles. The number of nitrogens with zero attached hydrogens (tertiary/aromatic N) is 2. The largest absolute Gasteiger partial charge is 0.326 e. The minimum Gasteiger partial charge on any atom is -0.326 e. The molecule has 104 valence electrons. The molecular formula is C16H25N3. The predicted molar refractivity (Wildman–Crippen MR) is 79.6 cm³/mol. The van der Waals surface area contributed by atoms with Gasteiger partial charge in [0.1, 0.15) is 0 Å². The van der Waals surface area contributed by atoms with E-state index >= 15 is 0 Å². The fourth-order valence-electron chi connectivity index (χ4n) is 2.44. The number of nitriles is 1. The van der Waals surface area contributed by atoms with Gasteiger partial charge in [-0.2, -0.15) is 5.26 Å². The Morgan fingerprint density at radius 2 is 1.84 bits per heavy atom. The summed E-state index contributed by atoms with van der Waals surface area (Å²) in [6, 6.07) is 11.0. The Balaban J connectivity index is 2.98. The lowest BCUT2D eigenvalue weighted by Gasteiger charge is -2.34. The zero-order valence-electron chi connectivity index (χ0n) is 12.4. The van der Waals surface area contributed by atoms with Crippen molar-refractivity contribution in [1.29, 1.82) is 5.26 Å². The quantitative estimate of drug-likeness (QED) is 0.854. The van der Waals surface area contributed by atoms with E-state index in [9.17, 15) is 0 Å². The fourth-order valence-corrected chi connectivity index (χ4v) is 2.44. The Morgan fingerprint density at radius 3 is 2.26 bits per heavy atom. The highest BCUT2D eigenvalue weighted by Crippen LogP contribution is 2.24. The van der Waals surface area contributed by atoms with Crippen LogP contribution in [-0.4, -0.2) is 24.0 Å². The second kappa shape index (κ2) is 7.28. The van der Waals surface area contributed by atoms with Crippen molar-refractivity contribution in [3.8, 4) is 6.07 Å². The van der Waals surface area contributed by atoms with Crippen LogP contribution in [0.5, 0.6) is 0 Å². The maximum absolute atomic E-state index is 9.00. The summed E-state index contributed by atoms with van der Waals surface area (Å²) in [6.45, 7) is 9.84. The van der Waals surface area contributed by atoms with Crippen molar-refractivity contribution in [2.75, 3.05) is 13.1 Å². The molecule has 3 nitrogen and oxygen atoms in total. The zero-order chi connectivity index (χ0) is 14.4. The number of benzene rings is 1. The Morgan fingerprint density at radius 1 is 1.26 bits per heavy atom. The number of nitrogens with two attached hydrogens (primary N) is 1. The van der Waals surface area contributed by atoms with E-state index in [2.05, 4.69) is 49.1 Å². The summed E-state index contributed by atoms with van der Waals surface area (Å²) in [4.78, 5) is 2.29. The lowest BCUT2D eigenvalue weighted by Crippen LogP contribution is -2.41. The predicted octanol–water partition coefficient (Wildman–Crippen LogP) is 2.86. The lowest BCUT2D eigenvalue weighted by molar-refractivity contribution is 0.173. The van der Waals surface area contributed by atoms with E-state index in [1.807, 2.05) is 13.8 Å². The third-order valence-corrected chi connectivity index (χ3v) is 3.45. The van der Waals surface area contributed by atoms with Gasteiger partial charge < -0.3 is 5.73 Å². The molecule has 1 aromatic carbocycles. The van der Waals surface area contributed by atoms with Crippen LogP contribution in [0.25, 0.3) is 0 Å². The van der Waals surface area contributed by atoms with Crippen LogP contribution in [0, 0.1) is 24.2 Å². The van der Waals surface area contributed by atoms with Crippen molar-refractivity contribution in [2.45, 2.75) is 39.8 Å². The summed E-state index contributed by atoms with van der Waals surface area (Å²) < 4.78 is 0. The summed E-state index contributed by atoms with van der Waals surface area (Å²) in [6.07, 6.45) is 0. The minimum absolute atomic E-state index is 0.0200. The van der Waals surface area contributed by atoms with E-state index < -0.39 is 0 Å². The van der Waals surface area contributed by atoms with Crippen molar-refractivity contribution in [3.05, 3.63) is 35.4 Å². The van der Waals surface area contributed by atoms with Gasteiger partial charge in [-0.05, 0) is 32.9 Å². The monoisotopic (exact) mass is 259 g/mol. The topological polar surface area (TPSA) is 53.0 Å². The van der Waals surface area contributed by atoms with Gasteiger partial charge in [-0.15, -0.1) is 0 Å². The number of hydrogen-bond donors (Lipinski definition) is 1. The van der Waals surface area contributed by atoms with Crippen LogP contribution < -0.4 is 5.73 Å². The van der Waals surface area contributed by atoms with E-state index in [1.54, 1.807) is 0 Å². The number of hydrogen-bond acceptors (Lipinski definition) is 3. The van der Waals surface area contributed by atoms with E-state index in [-0.39, 0.29) is 18.0 Å². The highest BCUT2D eigenvalue weighted by atomic mass is 15.2. The van der Waals surface area contributed by atoms with Gasteiger partial charge in [-0.3, -0.25) is 4.90 Å². The molecule has 0 saturated heterocycles. The molecule has 0 amide bonds. The Labute approximate surface area is 117 Å². The maximum Gasteiger partial charge on any atom is 0.0666 e. The lowest BCUT2D eigenvalue weighted by atomic mass is 9.97. The molecule has 0 spiro atoms. The molecule has 1 aromatic rings. The second-order valence-corrected chi connectivity index (χ2v) is 5.33. The van der Waals surface area contributed by atoms with Crippen molar-refractivity contribution < 1.29 is 0 Å². The van der Waals surface area contributed by atoms with E-state index in [4.69, 9.17) is 11.0 Å². The highest BCUT2D eigenvalue weighted by Gasteiger charge is 2.24. The van der Waals surface area contributed by atoms with Gasteiger partial charge >= 0.3 is 0 Å². The van der Waals surface area contributed by atoms with Gasteiger partial charge in [0, 0.05) is 18.6 Å². The van der Waals surface area contributed by atoms with Gasteiger partial charge in [0.15, 0.2) is 0 Å². The molecule has 0 heterocycles. The fraction of sp³-hybridized carbons (Fsp3) is 0.562. The molecule has 0 saturated carbocycles. The summed E-state index contributed by atoms with van der Waals surface area (Å²) >= 11 is 0. The van der Waals surface area contributed by atoms with E-state index in [0.717, 1.165) is 13.1 Å². The summed E-state index contributed by atoms with van der Waals surface area (Å²) in [5.41, 5.74) is 8.66. The third-order valence-electron chi connectivity index (χ3n) is 3.45. The van der Waals surface area contributed by atoms with E-state index in [0.29, 0.717) is 0 Å². The minimum atomic E-state index is 0.0200. The number of likely N-dealkylation sites (N-methyl/N-ethyl adjacent to an activating group) is 1.